The van der Waals surface area contributed by atoms with Gasteiger partial charge in [-0.05, 0) is 31.5 Å². The first-order chi connectivity index (χ1) is 7.25. The number of nitrogens with one attached hydrogen (secondary N) is 1. The molecule has 1 atom stereocenters. The summed E-state index contributed by atoms with van der Waals surface area (Å²) in [7, 11) is 2.00. The van der Waals surface area contributed by atoms with E-state index in [1.807, 2.05) is 7.05 Å². The lowest BCUT2D eigenvalue weighted by Crippen LogP contribution is -2.28. The molecule has 1 aliphatic heterocycles. The van der Waals surface area contributed by atoms with Gasteiger partial charge >= 0.3 is 0 Å². The molecule has 0 radical (unpaired) electrons. The zero-order valence-electron chi connectivity index (χ0n) is 8.78. The summed E-state index contributed by atoms with van der Waals surface area (Å²) in [6.45, 7) is 3.19. The van der Waals surface area contributed by atoms with Crippen molar-refractivity contribution < 1.29 is 0 Å². The van der Waals surface area contributed by atoms with Crippen LogP contribution in [0, 0.1) is 5.92 Å². The van der Waals surface area contributed by atoms with Crippen LogP contribution in [-0.4, -0.2) is 36.6 Å². The van der Waals surface area contributed by atoms with E-state index in [-0.39, 0.29) is 0 Å². The SMILES string of the molecule is CN(C[C@H]1CCNC1)c1nccc(Cl)n1. The summed E-state index contributed by atoms with van der Waals surface area (Å²) in [5.41, 5.74) is 0. The summed E-state index contributed by atoms with van der Waals surface area (Å²) in [4.78, 5) is 10.4. The Kier molecular flexibility index (Phi) is 3.38. The van der Waals surface area contributed by atoms with Crippen LogP contribution in [0.3, 0.4) is 0 Å². The Hall–Kier alpha value is -0.870. The molecule has 0 bridgehead atoms. The molecule has 1 aliphatic rings. The molecule has 1 aromatic heterocycles. The molecule has 0 aromatic carbocycles. The number of rotatable bonds is 3. The summed E-state index contributed by atoms with van der Waals surface area (Å²) in [5, 5.41) is 3.84. The molecule has 5 heteroatoms. The van der Waals surface area contributed by atoms with Gasteiger partial charge in [0.1, 0.15) is 5.15 Å². The van der Waals surface area contributed by atoms with Crippen LogP contribution in [0.5, 0.6) is 0 Å². The molecule has 0 saturated carbocycles. The molecule has 15 heavy (non-hydrogen) atoms. The predicted molar refractivity (Wildman–Crippen MR) is 61.3 cm³/mol. The molecule has 2 rings (SSSR count). The van der Waals surface area contributed by atoms with Crippen molar-refractivity contribution >= 4 is 17.5 Å². The lowest BCUT2D eigenvalue weighted by molar-refractivity contribution is 0.573. The van der Waals surface area contributed by atoms with E-state index < -0.39 is 0 Å². The van der Waals surface area contributed by atoms with Crippen molar-refractivity contribution in [3.8, 4) is 0 Å². The van der Waals surface area contributed by atoms with Crippen LogP contribution in [0.1, 0.15) is 6.42 Å². The van der Waals surface area contributed by atoms with Crippen molar-refractivity contribution in [1.29, 1.82) is 0 Å². The molecule has 0 spiro atoms. The van der Waals surface area contributed by atoms with E-state index in [4.69, 9.17) is 11.6 Å². The second-order valence-corrected chi connectivity index (χ2v) is 4.31. The van der Waals surface area contributed by atoms with Crippen LogP contribution in [0.15, 0.2) is 12.3 Å². The average Bonchev–Trinajstić information content (AvgIpc) is 2.70. The second kappa shape index (κ2) is 4.77. The number of hydrogen-bond donors (Lipinski definition) is 1. The maximum atomic E-state index is 5.82. The average molecular weight is 227 g/mol. The van der Waals surface area contributed by atoms with Gasteiger partial charge in [-0.1, -0.05) is 11.6 Å². The highest BCUT2D eigenvalue weighted by Gasteiger charge is 2.17. The minimum atomic E-state index is 0.497. The number of hydrogen-bond acceptors (Lipinski definition) is 4. The minimum absolute atomic E-state index is 0.497. The van der Waals surface area contributed by atoms with Crippen LogP contribution < -0.4 is 10.2 Å². The Morgan fingerprint density at radius 3 is 3.20 bits per heavy atom. The van der Waals surface area contributed by atoms with Gasteiger partial charge in [-0.2, -0.15) is 0 Å². The Balaban J connectivity index is 1.97. The first kappa shape index (κ1) is 10.6. The molecule has 0 amide bonds. The fourth-order valence-electron chi connectivity index (χ4n) is 1.85. The van der Waals surface area contributed by atoms with E-state index in [1.54, 1.807) is 12.3 Å². The Morgan fingerprint density at radius 1 is 1.67 bits per heavy atom. The molecule has 1 N–H and O–H groups in total. The summed E-state index contributed by atoms with van der Waals surface area (Å²) in [5.74, 6) is 1.40. The van der Waals surface area contributed by atoms with Crippen molar-refractivity contribution in [2.75, 3.05) is 31.6 Å². The van der Waals surface area contributed by atoms with Gasteiger partial charge < -0.3 is 10.2 Å². The topological polar surface area (TPSA) is 41.0 Å². The standard InChI is InChI=1S/C10H15ClN4/c1-15(7-8-2-4-12-6-8)10-13-5-3-9(11)14-10/h3,5,8,12H,2,4,6-7H2,1H3/t8-/m0/s1. The Morgan fingerprint density at radius 2 is 2.53 bits per heavy atom. The van der Waals surface area contributed by atoms with E-state index >= 15 is 0 Å². The number of aromatic nitrogens is 2. The molecule has 0 unspecified atom stereocenters. The van der Waals surface area contributed by atoms with Gasteiger partial charge in [-0.3, -0.25) is 0 Å². The highest BCUT2D eigenvalue weighted by atomic mass is 35.5. The zero-order valence-corrected chi connectivity index (χ0v) is 9.54. The molecule has 0 aliphatic carbocycles. The third kappa shape index (κ3) is 2.79. The first-order valence-electron chi connectivity index (χ1n) is 5.16. The largest absolute Gasteiger partial charge is 0.344 e. The molecule has 4 nitrogen and oxygen atoms in total. The van der Waals surface area contributed by atoms with Gasteiger partial charge in [0.05, 0.1) is 0 Å². The van der Waals surface area contributed by atoms with Gasteiger partial charge in [-0.25, -0.2) is 9.97 Å². The summed E-state index contributed by atoms with van der Waals surface area (Å²) >= 11 is 5.82. The third-order valence-electron chi connectivity index (χ3n) is 2.64. The number of anilines is 1. The van der Waals surface area contributed by atoms with E-state index in [0.717, 1.165) is 19.6 Å². The number of halogens is 1. The van der Waals surface area contributed by atoms with Gasteiger partial charge in [-0.15, -0.1) is 0 Å². The third-order valence-corrected chi connectivity index (χ3v) is 2.86. The first-order valence-corrected chi connectivity index (χ1v) is 5.54. The predicted octanol–water partition coefficient (Wildman–Crippen LogP) is 1.18. The van der Waals surface area contributed by atoms with Crippen LogP contribution in [0.4, 0.5) is 5.95 Å². The monoisotopic (exact) mass is 226 g/mol. The van der Waals surface area contributed by atoms with E-state index in [1.165, 1.54) is 6.42 Å². The second-order valence-electron chi connectivity index (χ2n) is 3.92. The summed E-state index contributed by atoms with van der Waals surface area (Å²) < 4.78 is 0. The fraction of sp³-hybridized carbons (Fsp3) is 0.600. The molecule has 82 valence electrons. The maximum Gasteiger partial charge on any atom is 0.226 e. The van der Waals surface area contributed by atoms with Gasteiger partial charge in [0.2, 0.25) is 5.95 Å². The molecule has 1 aromatic rings. The van der Waals surface area contributed by atoms with Crippen LogP contribution in [0.2, 0.25) is 5.15 Å². The van der Waals surface area contributed by atoms with Crippen molar-refractivity contribution in [3.63, 3.8) is 0 Å². The molecule has 2 heterocycles. The summed E-state index contributed by atoms with van der Waals surface area (Å²) in [6, 6.07) is 1.69. The van der Waals surface area contributed by atoms with Crippen LogP contribution in [0.25, 0.3) is 0 Å². The lowest BCUT2D eigenvalue weighted by atomic mass is 10.1. The number of nitrogens with zero attached hydrogens (tertiary/aromatic N) is 3. The maximum absolute atomic E-state index is 5.82. The molecule has 1 saturated heterocycles. The Bertz CT molecular complexity index is 325. The van der Waals surface area contributed by atoms with Crippen molar-refractivity contribution in [2.24, 2.45) is 5.92 Å². The Labute approximate surface area is 94.7 Å². The highest BCUT2D eigenvalue weighted by molar-refractivity contribution is 6.29. The summed E-state index contributed by atoms with van der Waals surface area (Å²) in [6.07, 6.45) is 2.92. The zero-order chi connectivity index (χ0) is 10.7. The van der Waals surface area contributed by atoms with E-state index in [9.17, 15) is 0 Å². The lowest BCUT2D eigenvalue weighted by Gasteiger charge is -2.20. The van der Waals surface area contributed by atoms with Crippen molar-refractivity contribution in [3.05, 3.63) is 17.4 Å². The highest BCUT2D eigenvalue weighted by Crippen LogP contribution is 2.14. The van der Waals surface area contributed by atoms with E-state index in [0.29, 0.717) is 17.0 Å². The van der Waals surface area contributed by atoms with E-state index in [2.05, 4.69) is 20.2 Å². The van der Waals surface area contributed by atoms with Crippen LogP contribution in [-0.2, 0) is 0 Å². The normalized spacial score (nSPS) is 20.5. The molecular formula is C10H15ClN4. The minimum Gasteiger partial charge on any atom is -0.344 e. The molecule has 1 fully saturated rings. The van der Waals surface area contributed by atoms with Crippen molar-refractivity contribution in [2.45, 2.75) is 6.42 Å². The van der Waals surface area contributed by atoms with Crippen LogP contribution >= 0.6 is 11.6 Å². The fourth-order valence-corrected chi connectivity index (χ4v) is 1.98. The van der Waals surface area contributed by atoms with Gasteiger partial charge in [0.25, 0.3) is 0 Å². The quantitative estimate of drug-likeness (QED) is 0.786. The molecular weight excluding hydrogens is 212 g/mol. The smallest absolute Gasteiger partial charge is 0.226 e. The van der Waals surface area contributed by atoms with Gasteiger partial charge in [0, 0.05) is 19.8 Å². The van der Waals surface area contributed by atoms with Crippen molar-refractivity contribution in [1.82, 2.24) is 15.3 Å². The van der Waals surface area contributed by atoms with Gasteiger partial charge in [0.15, 0.2) is 0 Å².